The number of nitrogens with one attached hydrogen (secondary N) is 3. The van der Waals surface area contributed by atoms with Gasteiger partial charge in [0.25, 0.3) is 0 Å². The van der Waals surface area contributed by atoms with Gasteiger partial charge in [-0.1, -0.05) is 24.3 Å². The van der Waals surface area contributed by atoms with Gasteiger partial charge in [0.1, 0.15) is 0 Å². The van der Waals surface area contributed by atoms with Crippen LogP contribution in [0.1, 0.15) is 25.0 Å². The molecule has 3 N–H and O–H groups in total. The molecular formula is C17H22N4O3S. The molecule has 0 atom stereocenters. The second kappa shape index (κ2) is 8.59. The van der Waals surface area contributed by atoms with Crippen molar-refractivity contribution in [3.8, 4) is 0 Å². The highest BCUT2D eigenvalue weighted by Gasteiger charge is 2.12. The van der Waals surface area contributed by atoms with Crippen molar-refractivity contribution in [1.29, 1.82) is 0 Å². The number of rotatable bonds is 7. The van der Waals surface area contributed by atoms with E-state index in [2.05, 4.69) is 20.3 Å². The molecule has 0 fully saturated rings. The van der Waals surface area contributed by atoms with Gasteiger partial charge < -0.3 is 10.6 Å². The minimum Gasteiger partial charge on any atom is -0.334 e. The van der Waals surface area contributed by atoms with Gasteiger partial charge in [-0.15, -0.1) is 0 Å². The number of anilines is 1. The molecule has 0 unspecified atom stereocenters. The maximum Gasteiger partial charge on any atom is 0.319 e. The highest BCUT2D eigenvalue weighted by atomic mass is 32.2. The Morgan fingerprint density at radius 1 is 1.12 bits per heavy atom. The predicted octanol–water partition coefficient (Wildman–Crippen LogP) is 2.23. The van der Waals surface area contributed by atoms with E-state index in [1.807, 2.05) is 0 Å². The van der Waals surface area contributed by atoms with E-state index in [0.717, 1.165) is 5.56 Å². The summed E-state index contributed by atoms with van der Waals surface area (Å²) in [6.07, 6.45) is 3.18. The summed E-state index contributed by atoms with van der Waals surface area (Å²) in [6, 6.07) is 10.1. The van der Waals surface area contributed by atoms with Gasteiger partial charge >= 0.3 is 6.03 Å². The van der Waals surface area contributed by atoms with Crippen LogP contribution in [-0.4, -0.2) is 25.5 Å². The SMILES string of the molecule is CC(C)NS(=O)(=O)Cc1ccc(CNC(=O)Nc2cccnc2)cc1. The van der Waals surface area contributed by atoms with Gasteiger partial charge in [0.15, 0.2) is 0 Å². The Morgan fingerprint density at radius 3 is 2.40 bits per heavy atom. The summed E-state index contributed by atoms with van der Waals surface area (Å²) in [4.78, 5) is 15.7. The Hall–Kier alpha value is -2.45. The molecule has 8 heteroatoms. The molecule has 0 aliphatic heterocycles. The van der Waals surface area contributed by atoms with Gasteiger partial charge in [-0.25, -0.2) is 17.9 Å². The van der Waals surface area contributed by atoms with Crippen LogP contribution < -0.4 is 15.4 Å². The van der Waals surface area contributed by atoms with Crippen molar-refractivity contribution in [3.63, 3.8) is 0 Å². The van der Waals surface area contributed by atoms with Crippen LogP contribution >= 0.6 is 0 Å². The van der Waals surface area contributed by atoms with E-state index in [4.69, 9.17) is 0 Å². The Labute approximate surface area is 147 Å². The Bertz CT molecular complexity index is 790. The van der Waals surface area contributed by atoms with Crippen LogP contribution in [0.25, 0.3) is 0 Å². The molecule has 0 radical (unpaired) electrons. The molecular weight excluding hydrogens is 340 g/mol. The second-order valence-corrected chi connectivity index (χ2v) is 7.65. The maximum atomic E-state index is 11.9. The van der Waals surface area contributed by atoms with Crippen molar-refractivity contribution in [1.82, 2.24) is 15.0 Å². The van der Waals surface area contributed by atoms with Crippen molar-refractivity contribution in [2.45, 2.75) is 32.2 Å². The van der Waals surface area contributed by atoms with Crippen molar-refractivity contribution < 1.29 is 13.2 Å². The van der Waals surface area contributed by atoms with Crippen LogP contribution in [0.5, 0.6) is 0 Å². The zero-order valence-corrected chi connectivity index (χ0v) is 15.0. The first-order valence-electron chi connectivity index (χ1n) is 7.87. The number of aromatic nitrogens is 1. The van der Waals surface area contributed by atoms with E-state index >= 15 is 0 Å². The van der Waals surface area contributed by atoms with Crippen molar-refractivity contribution in [2.75, 3.05) is 5.32 Å². The molecule has 0 saturated carbocycles. The molecule has 1 aromatic carbocycles. The molecule has 0 bridgehead atoms. The zero-order valence-electron chi connectivity index (χ0n) is 14.2. The molecule has 25 heavy (non-hydrogen) atoms. The molecule has 1 heterocycles. The molecule has 2 aromatic rings. The summed E-state index contributed by atoms with van der Waals surface area (Å²) in [6.45, 7) is 3.90. The first kappa shape index (κ1) is 18.9. The number of carbonyl (C=O) groups excluding carboxylic acids is 1. The number of amides is 2. The van der Waals surface area contributed by atoms with Gasteiger partial charge in [0.2, 0.25) is 10.0 Å². The van der Waals surface area contributed by atoms with Crippen LogP contribution in [0.2, 0.25) is 0 Å². The van der Waals surface area contributed by atoms with E-state index in [9.17, 15) is 13.2 Å². The molecule has 0 spiro atoms. The third kappa shape index (κ3) is 6.90. The van der Waals surface area contributed by atoms with Crippen LogP contribution in [0.4, 0.5) is 10.5 Å². The second-order valence-electron chi connectivity index (χ2n) is 5.90. The smallest absolute Gasteiger partial charge is 0.319 e. The average Bonchev–Trinajstić information content (AvgIpc) is 2.53. The Morgan fingerprint density at radius 2 is 1.80 bits per heavy atom. The fourth-order valence-electron chi connectivity index (χ4n) is 2.17. The summed E-state index contributed by atoms with van der Waals surface area (Å²) >= 11 is 0. The van der Waals surface area contributed by atoms with Crippen molar-refractivity contribution in [2.24, 2.45) is 0 Å². The number of urea groups is 1. The van der Waals surface area contributed by atoms with E-state index in [1.165, 1.54) is 0 Å². The summed E-state index contributed by atoms with van der Waals surface area (Å²) in [5.41, 5.74) is 2.18. The lowest BCUT2D eigenvalue weighted by Crippen LogP contribution is -2.31. The molecule has 7 nitrogen and oxygen atoms in total. The summed E-state index contributed by atoms with van der Waals surface area (Å²) in [7, 11) is -3.34. The third-order valence-electron chi connectivity index (χ3n) is 3.17. The largest absolute Gasteiger partial charge is 0.334 e. The summed E-state index contributed by atoms with van der Waals surface area (Å²) in [5.74, 6) is -0.0691. The fraction of sp³-hybridized carbons (Fsp3) is 0.294. The molecule has 134 valence electrons. The number of hydrogen-bond acceptors (Lipinski definition) is 4. The Kier molecular flexibility index (Phi) is 6.49. The maximum absolute atomic E-state index is 11.9. The van der Waals surface area contributed by atoms with Crippen molar-refractivity contribution in [3.05, 3.63) is 59.9 Å². The molecule has 1 aromatic heterocycles. The zero-order chi connectivity index (χ0) is 18.3. The van der Waals surface area contributed by atoms with Crippen LogP contribution in [-0.2, 0) is 22.3 Å². The first-order chi connectivity index (χ1) is 11.8. The number of sulfonamides is 1. The summed E-state index contributed by atoms with van der Waals surface area (Å²) < 4.78 is 26.4. The van der Waals surface area contributed by atoms with E-state index in [0.29, 0.717) is 17.8 Å². The number of nitrogens with zero attached hydrogens (tertiary/aromatic N) is 1. The van der Waals surface area contributed by atoms with Gasteiger partial charge in [0, 0.05) is 18.8 Å². The molecule has 2 rings (SSSR count). The lowest BCUT2D eigenvalue weighted by atomic mass is 10.1. The van der Waals surface area contributed by atoms with Crippen LogP contribution in [0, 0.1) is 0 Å². The minimum atomic E-state index is -3.34. The monoisotopic (exact) mass is 362 g/mol. The summed E-state index contributed by atoms with van der Waals surface area (Å²) in [5, 5.41) is 5.41. The third-order valence-corrected chi connectivity index (χ3v) is 4.71. The normalized spacial score (nSPS) is 11.3. The van der Waals surface area contributed by atoms with Gasteiger partial charge in [-0.05, 0) is 37.1 Å². The molecule has 0 saturated heterocycles. The molecule has 0 aliphatic carbocycles. The highest BCUT2D eigenvalue weighted by molar-refractivity contribution is 7.88. The topological polar surface area (TPSA) is 100 Å². The fourth-order valence-corrected chi connectivity index (χ4v) is 3.60. The van der Waals surface area contributed by atoms with Crippen molar-refractivity contribution >= 4 is 21.7 Å². The molecule has 2 amide bonds. The minimum absolute atomic E-state index is 0.0691. The lowest BCUT2D eigenvalue weighted by Gasteiger charge is -2.10. The highest BCUT2D eigenvalue weighted by Crippen LogP contribution is 2.09. The number of carbonyl (C=O) groups is 1. The molecule has 0 aliphatic rings. The quantitative estimate of drug-likeness (QED) is 0.703. The van der Waals surface area contributed by atoms with Gasteiger partial charge in [-0.3, -0.25) is 4.98 Å². The van der Waals surface area contributed by atoms with Crippen LogP contribution in [0.15, 0.2) is 48.8 Å². The number of benzene rings is 1. The van der Waals surface area contributed by atoms with E-state index < -0.39 is 10.0 Å². The number of pyridine rings is 1. The standard InChI is InChI=1S/C17H22N4O3S/c1-13(2)21-25(23,24)12-15-7-5-14(6-8-15)10-19-17(22)20-16-4-3-9-18-11-16/h3-9,11,13,21H,10,12H2,1-2H3,(H2,19,20,22). The Balaban J connectivity index is 1.85. The first-order valence-corrected chi connectivity index (χ1v) is 9.52. The average molecular weight is 362 g/mol. The predicted molar refractivity (Wildman–Crippen MR) is 97.4 cm³/mol. The lowest BCUT2D eigenvalue weighted by molar-refractivity contribution is 0.251. The van der Waals surface area contributed by atoms with E-state index in [-0.39, 0.29) is 17.8 Å². The van der Waals surface area contributed by atoms with E-state index in [1.54, 1.807) is 62.6 Å². The van der Waals surface area contributed by atoms with Gasteiger partial charge in [-0.2, -0.15) is 0 Å². The van der Waals surface area contributed by atoms with Gasteiger partial charge in [0.05, 0.1) is 17.6 Å². The van der Waals surface area contributed by atoms with Crippen LogP contribution in [0.3, 0.4) is 0 Å². The number of hydrogen-bond donors (Lipinski definition) is 3.